The van der Waals surface area contributed by atoms with Crippen molar-refractivity contribution in [1.82, 2.24) is 9.80 Å². The summed E-state index contributed by atoms with van der Waals surface area (Å²) in [7, 11) is 1.49. The first kappa shape index (κ1) is 28.9. The van der Waals surface area contributed by atoms with E-state index in [1.54, 1.807) is 41.3 Å². The molecule has 0 atom stereocenters. The molecule has 212 valence electrons. The monoisotopic (exact) mass is 687 g/mol. The Morgan fingerprint density at radius 3 is 2.44 bits per heavy atom. The molecule has 2 aliphatic heterocycles. The number of nitrogens with zero attached hydrogens (tertiary/aromatic N) is 3. The second kappa shape index (κ2) is 12.9. The van der Waals surface area contributed by atoms with E-state index in [-0.39, 0.29) is 29.8 Å². The molecule has 0 radical (unpaired) electrons. The van der Waals surface area contributed by atoms with Crippen molar-refractivity contribution in [2.24, 2.45) is 0 Å². The first-order valence-electron chi connectivity index (χ1n) is 12.9. The zero-order chi connectivity index (χ0) is 28.9. The predicted octanol–water partition coefficient (Wildman–Crippen LogP) is 5.40. The number of hydrogen-bond acceptors (Lipinski definition) is 7. The predicted molar refractivity (Wildman–Crippen MR) is 164 cm³/mol. The number of hydrogen-bond donors (Lipinski definition) is 0. The van der Waals surface area contributed by atoms with E-state index in [2.05, 4.69) is 27.5 Å². The number of carbonyl (C=O) groups excluding carboxylic acids is 3. The number of halogens is 2. The highest BCUT2D eigenvalue weighted by molar-refractivity contribution is 14.1. The minimum absolute atomic E-state index is 0.0204. The van der Waals surface area contributed by atoms with Crippen molar-refractivity contribution >= 4 is 63.2 Å². The molecule has 0 unspecified atom stereocenters. The molecule has 2 saturated heterocycles. The van der Waals surface area contributed by atoms with Crippen LogP contribution in [0.25, 0.3) is 6.08 Å². The molecule has 0 bridgehead atoms. The lowest BCUT2D eigenvalue weighted by Gasteiger charge is -2.36. The Bertz CT molecular complexity index is 1490. The van der Waals surface area contributed by atoms with Crippen LogP contribution in [0.15, 0.2) is 71.6 Å². The molecule has 0 aromatic heterocycles. The zero-order valence-electron chi connectivity index (χ0n) is 22.2. The summed E-state index contributed by atoms with van der Waals surface area (Å²) in [4.78, 5) is 43.9. The van der Waals surface area contributed by atoms with E-state index < -0.39 is 11.1 Å². The van der Waals surface area contributed by atoms with Gasteiger partial charge in [-0.05, 0) is 76.3 Å². The third kappa shape index (κ3) is 6.67. The van der Waals surface area contributed by atoms with Crippen molar-refractivity contribution in [3.63, 3.8) is 0 Å². The number of piperazine rings is 1. The third-order valence-electron chi connectivity index (χ3n) is 6.80. The number of amides is 3. The van der Waals surface area contributed by atoms with Crippen molar-refractivity contribution < 1.29 is 28.2 Å². The van der Waals surface area contributed by atoms with Crippen LogP contribution in [-0.2, 0) is 16.2 Å². The maximum absolute atomic E-state index is 14.0. The van der Waals surface area contributed by atoms with Gasteiger partial charge in [-0.15, -0.1) is 0 Å². The summed E-state index contributed by atoms with van der Waals surface area (Å²) in [6.07, 6.45) is 1.60. The summed E-state index contributed by atoms with van der Waals surface area (Å²) in [5.74, 6) is -0.274. The number of benzene rings is 3. The van der Waals surface area contributed by atoms with Crippen LogP contribution in [0.2, 0.25) is 0 Å². The maximum Gasteiger partial charge on any atom is 0.294 e. The van der Waals surface area contributed by atoms with Crippen molar-refractivity contribution in [1.29, 1.82) is 0 Å². The largest absolute Gasteiger partial charge is 0.493 e. The lowest BCUT2D eigenvalue weighted by molar-refractivity contribution is -0.136. The van der Waals surface area contributed by atoms with Gasteiger partial charge in [0.05, 0.1) is 15.6 Å². The van der Waals surface area contributed by atoms with E-state index in [1.165, 1.54) is 13.2 Å². The van der Waals surface area contributed by atoms with Crippen molar-refractivity contribution in [2.45, 2.75) is 6.61 Å². The Hall–Kier alpha value is -3.58. The average molecular weight is 688 g/mol. The highest BCUT2D eigenvalue weighted by Gasteiger charge is 2.37. The lowest BCUT2D eigenvalue weighted by Crippen LogP contribution is -2.51. The van der Waals surface area contributed by atoms with Gasteiger partial charge in [0.15, 0.2) is 11.5 Å². The Kier molecular flexibility index (Phi) is 9.13. The SMILES string of the molecule is COc1cc(/C=C2/SC(=O)N(CC(=O)N3CCN(c4ccccc4)CC3)C2=O)cc(I)c1OCc1ccccc1F. The quantitative estimate of drug-likeness (QED) is 0.232. The standard InChI is InChI=1S/C30H27FIN3O5S/c1-39-25-16-20(15-24(32)28(25)40-19-21-7-5-6-10-23(21)31)17-26-29(37)35(30(38)41-26)18-27(36)34-13-11-33(12-14-34)22-8-3-2-4-9-22/h2-10,15-17H,11-14,18-19H2,1H3/b26-17+. The molecule has 2 fully saturated rings. The van der Waals surface area contributed by atoms with E-state index in [0.29, 0.717) is 52.4 Å². The zero-order valence-corrected chi connectivity index (χ0v) is 25.2. The number of para-hydroxylation sites is 1. The summed E-state index contributed by atoms with van der Waals surface area (Å²) in [5, 5.41) is -0.482. The molecule has 5 rings (SSSR count). The molecule has 3 aromatic carbocycles. The van der Waals surface area contributed by atoms with E-state index in [4.69, 9.17) is 9.47 Å². The third-order valence-corrected chi connectivity index (χ3v) is 8.51. The molecule has 0 aliphatic carbocycles. The smallest absolute Gasteiger partial charge is 0.294 e. The van der Waals surface area contributed by atoms with Crippen LogP contribution in [0.3, 0.4) is 0 Å². The van der Waals surface area contributed by atoms with Crippen molar-refractivity contribution in [2.75, 3.05) is 44.7 Å². The number of thioether (sulfide) groups is 1. The van der Waals surface area contributed by atoms with Crippen LogP contribution >= 0.6 is 34.4 Å². The van der Waals surface area contributed by atoms with Crippen LogP contribution in [0.5, 0.6) is 11.5 Å². The highest BCUT2D eigenvalue weighted by atomic mass is 127. The molecule has 2 heterocycles. The van der Waals surface area contributed by atoms with Gasteiger partial charge in [0.2, 0.25) is 5.91 Å². The summed E-state index contributed by atoms with van der Waals surface area (Å²) in [5.41, 5.74) is 2.14. The topological polar surface area (TPSA) is 79.4 Å². The first-order valence-corrected chi connectivity index (χ1v) is 14.8. The van der Waals surface area contributed by atoms with Crippen LogP contribution < -0.4 is 14.4 Å². The summed E-state index contributed by atoms with van der Waals surface area (Å²) in [6.45, 7) is 2.12. The van der Waals surface area contributed by atoms with Crippen LogP contribution in [0.1, 0.15) is 11.1 Å². The molecule has 3 amide bonds. The number of imide groups is 1. The Balaban J connectivity index is 1.23. The maximum atomic E-state index is 14.0. The Morgan fingerprint density at radius 2 is 1.73 bits per heavy atom. The first-order chi connectivity index (χ1) is 19.8. The number of rotatable bonds is 8. The lowest BCUT2D eigenvalue weighted by atomic mass is 10.1. The van der Waals surface area contributed by atoms with Crippen molar-refractivity contribution in [3.8, 4) is 11.5 Å². The van der Waals surface area contributed by atoms with Gasteiger partial charge in [-0.3, -0.25) is 19.3 Å². The van der Waals surface area contributed by atoms with Crippen molar-refractivity contribution in [3.05, 3.63) is 92.1 Å². The second-order valence-electron chi connectivity index (χ2n) is 9.39. The van der Waals surface area contributed by atoms with Gasteiger partial charge in [-0.25, -0.2) is 4.39 Å². The summed E-state index contributed by atoms with van der Waals surface area (Å²) < 4.78 is 26.1. The van der Waals surface area contributed by atoms with Crippen LogP contribution in [0, 0.1) is 9.39 Å². The number of ether oxygens (including phenoxy) is 2. The normalized spacial score (nSPS) is 16.5. The minimum atomic E-state index is -0.509. The molecule has 2 aliphatic rings. The van der Waals surface area contributed by atoms with E-state index in [1.807, 2.05) is 30.3 Å². The second-order valence-corrected chi connectivity index (χ2v) is 11.5. The van der Waals surface area contributed by atoms with Crippen LogP contribution in [0.4, 0.5) is 14.9 Å². The van der Waals surface area contributed by atoms with Gasteiger partial charge in [0, 0.05) is 37.4 Å². The van der Waals surface area contributed by atoms with Gasteiger partial charge in [-0.2, -0.15) is 0 Å². The Labute approximate surface area is 255 Å². The molecule has 0 saturated carbocycles. The molecule has 0 N–H and O–H groups in total. The fraction of sp³-hybridized carbons (Fsp3) is 0.233. The van der Waals surface area contributed by atoms with Crippen LogP contribution in [-0.4, -0.2) is 66.7 Å². The van der Waals surface area contributed by atoms with E-state index in [0.717, 1.165) is 22.3 Å². The molecule has 11 heteroatoms. The average Bonchev–Trinajstić information content (AvgIpc) is 3.24. The van der Waals surface area contributed by atoms with Gasteiger partial charge in [-0.1, -0.05) is 36.4 Å². The number of carbonyl (C=O) groups is 3. The molecular formula is C30H27FIN3O5S. The molecule has 41 heavy (non-hydrogen) atoms. The highest BCUT2D eigenvalue weighted by Crippen LogP contribution is 2.38. The van der Waals surface area contributed by atoms with E-state index >= 15 is 0 Å². The Morgan fingerprint density at radius 1 is 1.02 bits per heavy atom. The fourth-order valence-corrected chi connectivity index (χ4v) is 6.22. The van der Waals surface area contributed by atoms with Gasteiger partial charge >= 0.3 is 0 Å². The molecular weight excluding hydrogens is 660 g/mol. The minimum Gasteiger partial charge on any atom is -0.493 e. The van der Waals surface area contributed by atoms with Gasteiger partial charge < -0.3 is 19.3 Å². The summed E-state index contributed by atoms with van der Waals surface area (Å²) >= 11 is 2.88. The van der Waals surface area contributed by atoms with Gasteiger partial charge in [0.1, 0.15) is 19.0 Å². The molecule has 8 nitrogen and oxygen atoms in total. The molecule has 3 aromatic rings. The fourth-order valence-electron chi connectivity index (χ4n) is 4.60. The molecule has 0 spiro atoms. The number of methoxy groups -OCH3 is 1. The van der Waals surface area contributed by atoms with E-state index in [9.17, 15) is 18.8 Å². The van der Waals surface area contributed by atoms with Gasteiger partial charge in [0.25, 0.3) is 11.1 Å². The summed E-state index contributed by atoms with van der Waals surface area (Å²) in [6, 6.07) is 19.8. The number of anilines is 1.